The molecule has 4 heteroatoms. The van der Waals surface area contributed by atoms with Gasteiger partial charge in [-0.15, -0.1) is 4.91 Å². The Balaban J connectivity index is 3.04. The Morgan fingerprint density at radius 1 is 1.50 bits per heavy atom. The molecule has 0 unspecified atom stereocenters. The number of nitrogens with zero attached hydrogens (tertiary/aromatic N) is 2. The first-order valence-electron chi connectivity index (χ1n) is 3.55. The molecule has 10 heavy (non-hydrogen) atoms. The summed E-state index contributed by atoms with van der Waals surface area (Å²) in [5.41, 5.74) is 2.37. The molecule has 0 radical (unpaired) electrons. The zero-order chi connectivity index (χ0) is 7.82. The molecular weight excluding hydrogens is 130 g/mol. The fraction of sp³-hybridized carbons (Fsp3) is 1.00. The summed E-state index contributed by atoms with van der Waals surface area (Å²) in [6, 6.07) is 0. The van der Waals surface area contributed by atoms with Crippen LogP contribution in [0.3, 0.4) is 0 Å². The number of likely N-dealkylation sites (N-methyl/N-ethyl adjacent to an activating group) is 1. The predicted molar refractivity (Wildman–Crippen MR) is 41.6 cm³/mol. The van der Waals surface area contributed by atoms with Crippen molar-refractivity contribution in [1.82, 2.24) is 10.3 Å². The van der Waals surface area contributed by atoms with Crippen molar-refractivity contribution >= 4 is 0 Å². The number of nitroso groups, excluding NO2 is 1. The van der Waals surface area contributed by atoms with E-state index in [4.69, 9.17) is 0 Å². The fourth-order valence-corrected chi connectivity index (χ4v) is 0.780. The number of rotatable bonds is 6. The number of nitrogens with one attached hydrogen (secondary N) is 1. The maximum absolute atomic E-state index is 9.56. The quantitative estimate of drug-likeness (QED) is 0.338. The van der Waals surface area contributed by atoms with Crippen molar-refractivity contribution in [3.8, 4) is 0 Å². The predicted octanol–water partition coefficient (Wildman–Crippen LogP) is 0.599. The molecule has 0 aromatic heterocycles. The summed E-state index contributed by atoms with van der Waals surface area (Å²) in [7, 11) is 2.02. The van der Waals surface area contributed by atoms with Crippen LogP contribution < -0.4 is 5.43 Å². The zero-order valence-electron chi connectivity index (χ0n) is 6.63. The normalized spacial score (nSPS) is 9.90. The Labute approximate surface area is 61.5 Å². The molecule has 0 aliphatic heterocycles. The van der Waals surface area contributed by atoms with E-state index in [2.05, 4.69) is 22.5 Å². The zero-order valence-corrected chi connectivity index (χ0v) is 6.63. The van der Waals surface area contributed by atoms with Crippen LogP contribution in [0.15, 0.2) is 5.29 Å². The Morgan fingerprint density at radius 3 is 2.70 bits per heavy atom. The molecule has 0 aromatic rings. The van der Waals surface area contributed by atoms with Gasteiger partial charge in [-0.3, -0.25) is 5.43 Å². The monoisotopic (exact) mass is 145 g/mol. The van der Waals surface area contributed by atoms with E-state index in [1.54, 1.807) is 0 Å². The summed E-state index contributed by atoms with van der Waals surface area (Å²) < 4.78 is 0. The first-order valence-corrected chi connectivity index (χ1v) is 3.55. The van der Waals surface area contributed by atoms with E-state index >= 15 is 0 Å². The second-order valence-corrected chi connectivity index (χ2v) is 2.30. The third-order valence-electron chi connectivity index (χ3n) is 1.28. The highest BCUT2D eigenvalue weighted by Gasteiger charge is 1.93. The van der Waals surface area contributed by atoms with Gasteiger partial charge in [-0.2, -0.15) is 0 Å². The van der Waals surface area contributed by atoms with Crippen molar-refractivity contribution in [2.24, 2.45) is 5.29 Å². The largest absolute Gasteiger partial charge is 0.305 e. The standard InChI is InChI=1S/C6H15N3O/c1-3-5-9(2)6-4-7-8-10/h3-6H2,1-2H3,(H,7,10). The molecule has 0 aromatic carbocycles. The smallest absolute Gasteiger partial charge is 0.0496 e. The third-order valence-corrected chi connectivity index (χ3v) is 1.28. The molecule has 0 rings (SSSR count). The molecule has 0 saturated heterocycles. The van der Waals surface area contributed by atoms with Crippen molar-refractivity contribution in [3.05, 3.63) is 4.91 Å². The van der Waals surface area contributed by atoms with Gasteiger partial charge in [-0.05, 0) is 20.0 Å². The van der Waals surface area contributed by atoms with E-state index in [1.165, 1.54) is 0 Å². The van der Waals surface area contributed by atoms with Gasteiger partial charge in [0.05, 0.1) is 0 Å². The van der Waals surface area contributed by atoms with Crippen LogP contribution in [0.2, 0.25) is 0 Å². The van der Waals surface area contributed by atoms with Crippen LogP contribution in [-0.4, -0.2) is 31.6 Å². The van der Waals surface area contributed by atoms with E-state index in [9.17, 15) is 4.91 Å². The Hall–Kier alpha value is -0.640. The maximum Gasteiger partial charge on any atom is 0.0496 e. The molecule has 0 fully saturated rings. The minimum Gasteiger partial charge on any atom is -0.305 e. The molecule has 0 amide bonds. The second kappa shape index (κ2) is 6.48. The van der Waals surface area contributed by atoms with Crippen LogP contribution in [0.1, 0.15) is 13.3 Å². The lowest BCUT2D eigenvalue weighted by molar-refractivity contribution is 0.333. The molecule has 0 spiro atoms. The van der Waals surface area contributed by atoms with Crippen LogP contribution in [0, 0.1) is 4.91 Å². The van der Waals surface area contributed by atoms with Crippen molar-refractivity contribution in [2.45, 2.75) is 13.3 Å². The van der Waals surface area contributed by atoms with Crippen molar-refractivity contribution in [2.75, 3.05) is 26.7 Å². The van der Waals surface area contributed by atoms with Gasteiger partial charge in [0, 0.05) is 18.4 Å². The topological polar surface area (TPSA) is 44.7 Å². The average Bonchev–Trinajstić information content (AvgIpc) is 1.89. The molecule has 0 atom stereocenters. The van der Waals surface area contributed by atoms with Gasteiger partial charge in [-0.25, -0.2) is 0 Å². The molecule has 4 nitrogen and oxygen atoms in total. The van der Waals surface area contributed by atoms with Gasteiger partial charge in [-0.1, -0.05) is 6.92 Å². The van der Waals surface area contributed by atoms with E-state index in [0.29, 0.717) is 6.54 Å². The van der Waals surface area contributed by atoms with Gasteiger partial charge in [0.2, 0.25) is 0 Å². The molecule has 60 valence electrons. The Bertz CT molecular complexity index is 87.1. The summed E-state index contributed by atoms with van der Waals surface area (Å²) in [5.74, 6) is 0. The van der Waals surface area contributed by atoms with E-state index in [-0.39, 0.29) is 0 Å². The van der Waals surface area contributed by atoms with E-state index in [0.717, 1.165) is 19.5 Å². The average molecular weight is 145 g/mol. The van der Waals surface area contributed by atoms with Gasteiger partial charge in [0.15, 0.2) is 0 Å². The third kappa shape index (κ3) is 5.50. The molecule has 0 aliphatic rings. The van der Waals surface area contributed by atoms with Gasteiger partial charge >= 0.3 is 0 Å². The lowest BCUT2D eigenvalue weighted by Crippen LogP contribution is -2.27. The fourth-order valence-electron chi connectivity index (χ4n) is 0.780. The molecule has 0 heterocycles. The molecule has 0 bridgehead atoms. The summed E-state index contributed by atoms with van der Waals surface area (Å²) in [4.78, 5) is 11.7. The van der Waals surface area contributed by atoms with Gasteiger partial charge in [0.1, 0.15) is 0 Å². The van der Waals surface area contributed by atoms with Crippen molar-refractivity contribution < 1.29 is 0 Å². The maximum atomic E-state index is 9.56. The highest BCUT2D eigenvalue weighted by molar-refractivity contribution is 4.50. The van der Waals surface area contributed by atoms with Gasteiger partial charge in [0.25, 0.3) is 0 Å². The van der Waals surface area contributed by atoms with Crippen LogP contribution >= 0.6 is 0 Å². The first-order chi connectivity index (χ1) is 4.81. The summed E-state index contributed by atoms with van der Waals surface area (Å²) in [5, 5.41) is 2.54. The highest BCUT2D eigenvalue weighted by atomic mass is 16.3. The second-order valence-electron chi connectivity index (χ2n) is 2.30. The van der Waals surface area contributed by atoms with Crippen LogP contribution in [-0.2, 0) is 0 Å². The SMILES string of the molecule is CCCN(C)CCNN=O. The first kappa shape index (κ1) is 9.36. The van der Waals surface area contributed by atoms with Gasteiger partial charge < -0.3 is 4.90 Å². The number of hydrogen-bond donors (Lipinski definition) is 1. The minimum absolute atomic E-state index is 0.639. The van der Waals surface area contributed by atoms with Crippen LogP contribution in [0.5, 0.6) is 0 Å². The number of hydrogen-bond acceptors (Lipinski definition) is 3. The van der Waals surface area contributed by atoms with Crippen molar-refractivity contribution in [3.63, 3.8) is 0 Å². The summed E-state index contributed by atoms with van der Waals surface area (Å²) in [6.45, 7) is 4.71. The van der Waals surface area contributed by atoms with E-state index < -0.39 is 0 Å². The van der Waals surface area contributed by atoms with E-state index in [1.807, 2.05) is 7.05 Å². The lowest BCUT2D eigenvalue weighted by Gasteiger charge is -2.13. The lowest BCUT2D eigenvalue weighted by atomic mass is 10.4. The summed E-state index contributed by atoms with van der Waals surface area (Å²) in [6.07, 6.45) is 1.14. The molecule has 1 N–H and O–H groups in total. The highest BCUT2D eigenvalue weighted by Crippen LogP contribution is 1.83. The Kier molecular flexibility index (Phi) is 6.06. The van der Waals surface area contributed by atoms with Crippen LogP contribution in [0.25, 0.3) is 0 Å². The minimum atomic E-state index is 0.639. The molecule has 0 aliphatic carbocycles. The Morgan fingerprint density at radius 2 is 2.20 bits per heavy atom. The van der Waals surface area contributed by atoms with Crippen molar-refractivity contribution in [1.29, 1.82) is 0 Å². The molecular formula is C6H15N3O. The van der Waals surface area contributed by atoms with Crippen LogP contribution in [0.4, 0.5) is 0 Å². The molecule has 0 saturated carbocycles. The summed E-state index contributed by atoms with van der Waals surface area (Å²) >= 11 is 0.